The van der Waals surface area contributed by atoms with Crippen LogP contribution in [-0.4, -0.2) is 35.8 Å². The molecule has 98 valence electrons. The number of benzene rings is 1. The predicted octanol–water partition coefficient (Wildman–Crippen LogP) is 1.08. The van der Waals surface area contributed by atoms with Crippen LogP contribution in [0.3, 0.4) is 0 Å². The maximum atomic E-state index is 12.3. The Kier molecular flexibility index (Phi) is 3.38. The molecule has 0 unspecified atom stereocenters. The first-order valence-corrected chi connectivity index (χ1v) is 6.84. The fourth-order valence-electron chi connectivity index (χ4n) is 1.61. The van der Waals surface area contributed by atoms with Crippen LogP contribution in [0.4, 0.5) is 0 Å². The predicted molar refractivity (Wildman–Crippen MR) is 70.4 cm³/mol. The number of hydrogen-bond acceptors (Lipinski definition) is 4. The van der Waals surface area contributed by atoms with Gasteiger partial charge in [0.05, 0.1) is 11.9 Å². The third-order valence-electron chi connectivity index (χ3n) is 2.58. The molecule has 19 heavy (non-hydrogen) atoms. The molecule has 0 saturated heterocycles. The van der Waals surface area contributed by atoms with E-state index in [0.29, 0.717) is 11.3 Å². The number of imidazole rings is 1. The smallest absolute Gasteiger partial charge is 0.226 e. The molecule has 0 aliphatic carbocycles. The van der Waals surface area contributed by atoms with Gasteiger partial charge in [0.2, 0.25) is 5.82 Å². The van der Waals surface area contributed by atoms with Crippen LogP contribution in [-0.2, 0) is 10.2 Å². The summed E-state index contributed by atoms with van der Waals surface area (Å²) in [5, 5.41) is 9.01. The minimum Gasteiger partial charge on any atom is -0.226 e. The van der Waals surface area contributed by atoms with Gasteiger partial charge in [-0.1, -0.05) is 30.3 Å². The summed E-state index contributed by atoms with van der Waals surface area (Å²) in [6, 6.07) is 10.7. The van der Waals surface area contributed by atoms with Crippen molar-refractivity contribution in [2.24, 2.45) is 0 Å². The van der Waals surface area contributed by atoms with Crippen molar-refractivity contribution < 1.29 is 8.42 Å². The molecule has 1 aromatic carbocycles. The van der Waals surface area contributed by atoms with Crippen molar-refractivity contribution in [1.29, 1.82) is 5.26 Å². The number of aromatic nitrogens is 2. The lowest BCUT2D eigenvalue weighted by molar-refractivity contribution is 0.510. The summed E-state index contributed by atoms with van der Waals surface area (Å²) in [4.78, 5) is 3.86. The Bertz CT molecular complexity index is 727. The molecule has 6 nitrogen and oxygen atoms in total. The molecule has 1 aromatic heterocycles. The molecular weight excluding hydrogens is 264 g/mol. The summed E-state index contributed by atoms with van der Waals surface area (Å²) in [5.74, 6) is -0.160. The summed E-state index contributed by atoms with van der Waals surface area (Å²) >= 11 is 0. The van der Waals surface area contributed by atoms with Gasteiger partial charge < -0.3 is 0 Å². The molecule has 0 radical (unpaired) electrons. The zero-order valence-corrected chi connectivity index (χ0v) is 11.3. The van der Waals surface area contributed by atoms with E-state index in [0.717, 1.165) is 8.28 Å². The van der Waals surface area contributed by atoms with E-state index in [4.69, 9.17) is 5.26 Å². The van der Waals surface area contributed by atoms with Crippen molar-refractivity contribution in [2.75, 3.05) is 14.1 Å². The Balaban J connectivity index is 2.74. The molecule has 0 spiro atoms. The molecule has 0 aliphatic rings. The van der Waals surface area contributed by atoms with Gasteiger partial charge in [0.1, 0.15) is 6.07 Å². The third kappa shape index (κ3) is 2.23. The second-order valence-corrected chi connectivity index (χ2v) is 5.99. The molecule has 2 rings (SSSR count). The first-order chi connectivity index (χ1) is 8.98. The highest BCUT2D eigenvalue weighted by molar-refractivity contribution is 7.87. The molecule has 0 fully saturated rings. The molecule has 0 N–H and O–H groups in total. The Hall–Kier alpha value is -2.17. The standard InChI is InChI=1S/C12H12N4O2S/c1-15(2)19(17,18)16-11(9-14-12(16)8-13)10-6-4-3-5-7-10/h3-7,9H,1-2H3. The number of rotatable bonds is 3. The van der Waals surface area contributed by atoms with E-state index in [9.17, 15) is 8.42 Å². The summed E-state index contributed by atoms with van der Waals surface area (Å²) < 4.78 is 26.5. The topological polar surface area (TPSA) is 79.0 Å². The first kappa shape index (κ1) is 13.3. The second-order valence-electron chi connectivity index (χ2n) is 4.00. The SMILES string of the molecule is CN(C)S(=O)(=O)n1c(-c2ccccc2)cnc1C#N. The van der Waals surface area contributed by atoms with Crippen molar-refractivity contribution in [3.63, 3.8) is 0 Å². The van der Waals surface area contributed by atoms with Crippen molar-refractivity contribution in [3.8, 4) is 17.3 Å². The van der Waals surface area contributed by atoms with E-state index in [1.165, 1.54) is 20.3 Å². The van der Waals surface area contributed by atoms with Gasteiger partial charge in [-0.25, -0.2) is 4.98 Å². The summed E-state index contributed by atoms with van der Waals surface area (Å²) in [5.41, 5.74) is 1.05. The van der Waals surface area contributed by atoms with E-state index < -0.39 is 10.2 Å². The highest BCUT2D eigenvalue weighted by atomic mass is 32.2. The van der Waals surface area contributed by atoms with E-state index in [-0.39, 0.29) is 5.82 Å². The molecule has 0 atom stereocenters. The minimum atomic E-state index is -3.79. The van der Waals surface area contributed by atoms with Crippen molar-refractivity contribution in [3.05, 3.63) is 42.4 Å². The lowest BCUT2D eigenvalue weighted by Gasteiger charge is -2.15. The highest BCUT2D eigenvalue weighted by Crippen LogP contribution is 2.23. The van der Waals surface area contributed by atoms with Gasteiger partial charge >= 0.3 is 10.2 Å². The summed E-state index contributed by atoms with van der Waals surface area (Å²) in [6.07, 6.45) is 1.38. The maximum absolute atomic E-state index is 12.3. The van der Waals surface area contributed by atoms with Gasteiger partial charge in [-0.2, -0.15) is 22.0 Å². The van der Waals surface area contributed by atoms with Crippen molar-refractivity contribution in [2.45, 2.75) is 0 Å². The van der Waals surface area contributed by atoms with Crippen LogP contribution < -0.4 is 0 Å². The van der Waals surface area contributed by atoms with Crippen molar-refractivity contribution >= 4 is 10.2 Å². The van der Waals surface area contributed by atoms with Gasteiger partial charge in [0.25, 0.3) is 0 Å². The van der Waals surface area contributed by atoms with Crippen LogP contribution in [0.15, 0.2) is 36.5 Å². The number of nitriles is 1. The molecule has 0 aliphatic heterocycles. The molecule has 0 saturated carbocycles. The van der Waals surface area contributed by atoms with Crippen LogP contribution in [0.1, 0.15) is 5.82 Å². The highest BCUT2D eigenvalue weighted by Gasteiger charge is 2.24. The number of nitrogens with zero attached hydrogens (tertiary/aromatic N) is 4. The maximum Gasteiger partial charge on any atom is 0.309 e. The Morgan fingerprint density at radius 1 is 1.26 bits per heavy atom. The van der Waals surface area contributed by atoms with Crippen molar-refractivity contribution in [1.82, 2.24) is 13.3 Å². The molecule has 0 bridgehead atoms. The van der Waals surface area contributed by atoms with Crippen LogP contribution in [0.2, 0.25) is 0 Å². The summed E-state index contributed by atoms with van der Waals surface area (Å²) in [6.45, 7) is 0. The van der Waals surface area contributed by atoms with Crippen LogP contribution in [0.25, 0.3) is 11.3 Å². The van der Waals surface area contributed by atoms with E-state index in [1.807, 2.05) is 6.07 Å². The largest absolute Gasteiger partial charge is 0.309 e. The third-order valence-corrected chi connectivity index (χ3v) is 4.34. The molecule has 7 heteroatoms. The van der Waals surface area contributed by atoms with Gasteiger partial charge in [-0.15, -0.1) is 0 Å². The zero-order valence-electron chi connectivity index (χ0n) is 10.5. The van der Waals surface area contributed by atoms with Crippen LogP contribution in [0, 0.1) is 11.3 Å². The average Bonchev–Trinajstić information content (AvgIpc) is 2.84. The average molecular weight is 276 g/mol. The molecule has 1 heterocycles. The minimum absolute atomic E-state index is 0.160. The molecular formula is C12H12N4O2S. The Morgan fingerprint density at radius 2 is 1.89 bits per heavy atom. The van der Waals surface area contributed by atoms with Crippen LogP contribution >= 0.6 is 0 Å². The van der Waals surface area contributed by atoms with E-state index >= 15 is 0 Å². The molecule has 2 aromatic rings. The fraction of sp³-hybridized carbons (Fsp3) is 0.167. The Morgan fingerprint density at radius 3 is 2.42 bits per heavy atom. The van der Waals surface area contributed by atoms with Crippen LogP contribution in [0.5, 0.6) is 0 Å². The second kappa shape index (κ2) is 4.84. The van der Waals surface area contributed by atoms with E-state index in [2.05, 4.69) is 4.98 Å². The fourth-order valence-corrected chi connectivity index (χ4v) is 2.65. The van der Waals surface area contributed by atoms with E-state index in [1.54, 1.807) is 30.3 Å². The van der Waals surface area contributed by atoms with Gasteiger partial charge in [-0.05, 0) is 0 Å². The first-order valence-electron chi connectivity index (χ1n) is 5.44. The van der Waals surface area contributed by atoms with Gasteiger partial charge in [-0.3, -0.25) is 0 Å². The lowest BCUT2D eigenvalue weighted by atomic mass is 10.2. The quantitative estimate of drug-likeness (QED) is 0.840. The lowest BCUT2D eigenvalue weighted by Crippen LogP contribution is -2.30. The van der Waals surface area contributed by atoms with Gasteiger partial charge in [0.15, 0.2) is 0 Å². The number of hydrogen-bond donors (Lipinski definition) is 0. The zero-order chi connectivity index (χ0) is 14.0. The van der Waals surface area contributed by atoms with Gasteiger partial charge in [0, 0.05) is 19.7 Å². The normalized spacial score (nSPS) is 11.5. The summed E-state index contributed by atoms with van der Waals surface area (Å²) in [7, 11) is -0.974. The Labute approximate surface area is 111 Å². The molecule has 0 amide bonds. The monoisotopic (exact) mass is 276 g/mol.